The van der Waals surface area contributed by atoms with Crippen LogP contribution in [0.5, 0.6) is 11.5 Å². The fourth-order valence-corrected chi connectivity index (χ4v) is 2.90. The minimum Gasteiger partial charge on any atom is -0.490 e. The molecule has 0 aromatic heterocycles. The molecule has 0 aliphatic rings. The zero-order valence-corrected chi connectivity index (χ0v) is 15.7. The van der Waals surface area contributed by atoms with Crippen molar-refractivity contribution in [3.05, 3.63) is 52.5 Å². The van der Waals surface area contributed by atoms with Gasteiger partial charge in [0.1, 0.15) is 0 Å². The van der Waals surface area contributed by atoms with Crippen LogP contribution in [0.4, 0.5) is 5.69 Å². The number of carbonyl (C=O) groups is 1. The SMILES string of the molecule is CCOc1ccccc1OCCCC(=O)Nc1c(C)cc(C)cc1Cl. The number of halogens is 1. The third-order valence-electron chi connectivity index (χ3n) is 3.65. The molecule has 0 aliphatic carbocycles. The van der Waals surface area contributed by atoms with Crippen LogP contribution in [0, 0.1) is 13.8 Å². The number of anilines is 1. The van der Waals surface area contributed by atoms with Crippen LogP contribution in [0.25, 0.3) is 0 Å². The van der Waals surface area contributed by atoms with Crippen molar-refractivity contribution in [1.29, 1.82) is 0 Å². The molecule has 0 saturated carbocycles. The van der Waals surface area contributed by atoms with Crippen molar-refractivity contribution in [2.45, 2.75) is 33.6 Å². The molecule has 2 rings (SSSR count). The second-order valence-corrected chi connectivity index (χ2v) is 6.23. The van der Waals surface area contributed by atoms with E-state index in [1.165, 1.54) is 0 Å². The largest absolute Gasteiger partial charge is 0.490 e. The Balaban J connectivity index is 1.82. The summed E-state index contributed by atoms with van der Waals surface area (Å²) in [5.74, 6) is 1.34. The quantitative estimate of drug-likeness (QED) is 0.661. The Bertz CT molecular complexity index is 708. The van der Waals surface area contributed by atoms with Gasteiger partial charge in [-0.25, -0.2) is 0 Å². The van der Waals surface area contributed by atoms with Gasteiger partial charge in [-0.05, 0) is 56.5 Å². The summed E-state index contributed by atoms with van der Waals surface area (Å²) < 4.78 is 11.2. The van der Waals surface area contributed by atoms with E-state index in [2.05, 4.69) is 5.32 Å². The van der Waals surface area contributed by atoms with Gasteiger partial charge in [-0.1, -0.05) is 29.8 Å². The molecule has 1 N–H and O–H groups in total. The molecule has 0 aliphatic heterocycles. The first-order valence-corrected chi connectivity index (χ1v) is 8.80. The van der Waals surface area contributed by atoms with E-state index in [1.807, 2.05) is 57.2 Å². The fraction of sp³-hybridized carbons (Fsp3) is 0.350. The average molecular weight is 362 g/mol. The van der Waals surface area contributed by atoms with Crippen LogP contribution in [-0.4, -0.2) is 19.1 Å². The van der Waals surface area contributed by atoms with Crippen molar-refractivity contribution >= 4 is 23.2 Å². The number of rotatable bonds is 8. The second-order valence-electron chi connectivity index (χ2n) is 5.82. The maximum atomic E-state index is 12.1. The average Bonchev–Trinajstić information content (AvgIpc) is 2.56. The van der Waals surface area contributed by atoms with Crippen LogP contribution in [0.3, 0.4) is 0 Å². The monoisotopic (exact) mass is 361 g/mol. The van der Waals surface area contributed by atoms with E-state index < -0.39 is 0 Å². The van der Waals surface area contributed by atoms with Crippen molar-refractivity contribution in [3.63, 3.8) is 0 Å². The Morgan fingerprint density at radius 1 is 1.12 bits per heavy atom. The maximum absolute atomic E-state index is 12.1. The zero-order valence-electron chi connectivity index (χ0n) is 14.9. The van der Waals surface area contributed by atoms with Crippen LogP contribution in [0.15, 0.2) is 36.4 Å². The highest BCUT2D eigenvalue weighted by Gasteiger charge is 2.10. The first-order valence-electron chi connectivity index (χ1n) is 8.42. The van der Waals surface area contributed by atoms with E-state index in [4.69, 9.17) is 21.1 Å². The number of hydrogen-bond donors (Lipinski definition) is 1. The maximum Gasteiger partial charge on any atom is 0.224 e. The Labute approximate surface area is 154 Å². The van der Waals surface area contributed by atoms with Gasteiger partial charge in [-0.2, -0.15) is 0 Å². The lowest BCUT2D eigenvalue weighted by atomic mass is 10.1. The predicted molar refractivity (Wildman–Crippen MR) is 102 cm³/mol. The van der Waals surface area contributed by atoms with Gasteiger partial charge in [-0.3, -0.25) is 4.79 Å². The van der Waals surface area contributed by atoms with Gasteiger partial charge in [0.05, 0.1) is 23.9 Å². The zero-order chi connectivity index (χ0) is 18.2. The van der Waals surface area contributed by atoms with Crippen LogP contribution in [-0.2, 0) is 4.79 Å². The smallest absolute Gasteiger partial charge is 0.224 e. The van der Waals surface area contributed by atoms with Gasteiger partial charge in [0.25, 0.3) is 0 Å². The van der Waals surface area contributed by atoms with Crippen molar-refractivity contribution < 1.29 is 14.3 Å². The fourth-order valence-electron chi connectivity index (χ4n) is 2.53. The lowest BCUT2D eigenvalue weighted by Gasteiger charge is -2.13. The molecular weight excluding hydrogens is 338 g/mol. The molecule has 4 nitrogen and oxygen atoms in total. The molecule has 0 bridgehead atoms. The summed E-state index contributed by atoms with van der Waals surface area (Å²) >= 11 is 6.21. The molecule has 5 heteroatoms. The normalized spacial score (nSPS) is 10.4. The van der Waals surface area contributed by atoms with Crippen LogP contribution in [0.2, 0.25) is 5.02 Å². The standard InChI is InChI=1S/C20H24ClNO3/c1-4-24-17-8-5-6-9-18(17)25-11-7-10-19(23)22-20-15(3)12-14(2)13-16(20)21/h5-6,8-9,12-13H,4,7,10-11H2,1-3H3,(H,22,23). The van der Waals surface area contributed by atoms with Gasteiger partial charge in [0.2, 0.25) is 5.91 Å². The molecule has 2 aromatic carbocycles. The minimum atomic E-state index is -0.0736. The Kier molecular flexibility index (Phi) is 7.14. The summed E-state index contributed by atoms with van der Waals surface area (Å²) in [5, 5.41) is 3.45. The Hall–Kier alpha value is -2.20. The molecule has 0 radical (unpaired) electrons. The van der Waals surface area contributed by atoms with Crippen LogP contribution in [0.1, 0.15) is 30.9 Å². The van der Waals surface area contributed by atoms with Gasteiger partial charge in [0.15, 0.2) is 11.5 Å². The molecule has 0 saturated heterocycles. The summed E-state index contributed by atoms with van der Waals surface area (Å²) in [6.45, 7) is 6.86. The number of aryl methyl sites for hydroxylation is 2. The van der Waals surface area contributed by atoms with E-state index in [9.17, 15) is 4.79 Å². The van der Waals surface area contributed by atoms with Gasteiger partial charge in [0, 0.05) is 6.42 Å². The summed E-state index contributed by atoms with van der Waals surface area (Å²) in [6, 6.07) is 11.4. The number of nitrogens with one attached hydrogen (secondary N) is 1. The first-order chi connectivity index (χ1) is 12.0. The lowest BCUT2D eigenvalue weighted by molar-refractivity contribution is -0.116. The van der Waals surface area contributed by atoms with Crippen molar-refractivity contribution in [2.24, 2.45) is 0 Å². The lowest BCUT2D eigenvalue weighted by Crippen LogP contribution is -2.14. The number of hydrogen-bond acceptors (Lipinski definition) is 3. The number of ether oxygens (including phenoxy) is 2. The molecule has 0 heterocycles. The molecule has 134 valence electrons. The van der Waals surface area contributed by atoms with E-state index in [0.29, 0.717) is 42.5 Å². The molecule has 1 amide bonds. The van der Waals surface area contributed by atoms with Crippen molar-refractivity contribution in [1.82, 2.24) is 0 Å². The summed E-state index contributed by atoms with van der Waals surface area (Å²) in [4.78, 5) is 12.1. The van der Waals surface area contributed by atoms with E-state index in [1.54, 1.807) is 0 Å². The van der Waals surface area contributed by atoms with E-state index in [0.717, 1.165) is 16.9 Å². The Morgan fingerprint density at radius 3 is 2.44 bits per heavy atom. The van der Waals surface area contributed by atoms with Crippen molar-refractivity contribution in [2.75, 3.05) is 18.5 Å². The molecule has 0 spiro atoms. The van der Waals surface area contributed by atoms with Gasteiger partial charge < -0.3 is 14.8 Å². The third-order valence-corrected chi connectivity index (χ3v) is 3.95. The summed E-state index contributed by atoms with van der Waals surface area (Å²) in [6.07, 6.45) is 0.968. The molecule has 0 unspecified atom stereocenters. The van der Waals surface area contributed by atoms with Gasteiger partial charge in [-0.15, -0.1) is 0 Å². The summed E-state index contributed by atoms with van der Waals surface area (Å²) in [5.41, 5.74) is 2.71. The highest BCUT2D eigenvalue weighted by atomic mass is 35.5. The second kappa shape index (κ2) is 9.33. The van der Waals surface area contributed by atoms with E-state index >= 15 is 0 Å². The highest BCUT2D eigenvalue weighted by molar-refractivity contribution is 6.34. The predicted octanol–water partition coefficient (Wildman–Crippen LogP) is 5.15. The molecular formula is C20H24ClNO3. The number of carbonyl (C=O) groups excluding carboxylic acids is 1. The number of benzene rings is 2. The molecule has 2 aromatic rings. The Morgan fingerprint density at radius 2 is 1.80 bits per heavy atom. The molecule has 0 fully saturated rings. The van der Waals surface area contributed by atoms with Crippen LogP contribution < -0.4 is 14.8 Å². The first kappa shape index (κ1) is 19.1. The molecule has 25 heavy (non-hydrogen) atoms. The third kappa shape index (κ3) is 5.68. The summed E-state index contributed by atoms with van der Waals surface area (Å²) in [7, 11) is 0. The minimum absolute atomic E-state index is 0.0736. The van der Waals surface area contributed by atoms with Gasteiger partial charge >= 0.3 is 0 Å². The number of para-hydroxylation sites is 2. The topological polar surface area (TPSA) is 47.6 Å². The van der Waals surface area contributed by atoms with Crippen molar-refractivity contribution in [3.8, 4) is 11.5 Å². The van der Waals surface area contributed by atoms with Crippen LogP contribution >= 0.6 is 11.6 Å². The highest BCUT2D eigenvalue weighted by Crippen LogP contribution is 2.28. The molecule has 0 atom stereocenters. The van der Waals surface area contributed by atoms with E-state index in [-0.39, 0.29) is 5.91 Å². The number of amides is 1.